The van der Waals surface area contributed by atoms with E-state index in [1.165, 1.54) is 0 Å². The SMILES string of the molecule is CCNC(C)c1ccc(S(=O)(=O)NC(C)CC)cc1. The first kappa shape index (κ1) is 16.1. The molecule has 1 aromatic rings. The number of sulfonamides is 1. The number of rotatable bonds is 7. The van der Waals surface area contributed by atoms with Crippen LogP contribution >= 0.6 is 0 Å². The maximum Gasteiger partial charge on any atom is 0.240 e. The van der Waals surface area contributed by atoms with E-state index in [1.54, 1.807) is 12.1 Å². The van der Waals surface area contributed by atoms with Crippen molar-refractivity contribution in [1.29, 1.82) is 0 Å². The van der Waals surface area contributed by atoms with E-state index in [2.05, 4.69) is 17.0 Å². The van der Waals surface area contributed by atoms with Crippen molar-refractivity contribution in [3.05, 3.63) is 29.8 Å². The zero-order chi connectivity index (χ0) is 14.5. The largest absolute Gasteiger partial charge is 0.310 e. The second-order valence-corrected chi connectivity index (χ2v) is 6.49. The molecule has 1 aromatic carbocycles. The first-order chi connectivity index (χ1) is 8.90. The second kappa shape index (κ2) is 7.03. The highest BCUT2D eigenvalue weighted by Gasteiger charge is 2.16. The van der Waals surface area contributed by atoms with Gasteiger partial charge in [0.25, 0.3) is 0 Å². The molecule has 0 aliphatic rings. The molecule has 4 nitrogen and oxygen atoms in total. The first-order valence-corrected chi connectivity index (χ1v) is 8.24. The molecule has 2 unspecified atom stereocenters. The van der Waals surface area contributed by atoms with Gasteiger partial charge in [0, 0.05) is 12.1 Å². The molecule has 0 aliphatic carbocycles. The van der Waals surface area contributed by atoms with Crippen molar-refractivity contribution < 1.29 is 8.42 Å². The quantitative estimate of drug-likeness (QED) is 0.808. The Morgan fingerprint density at radius 3 is 2.16 bits per heavy atom. The van der Waals surface area contributed by atoms with E-state index >= 15 is 0 Å². The molecule has 0 aromatic heterocycles. The molecule has 0 bridgehead atoms. The van der Waals surface area contributed by atoms with Crippen LogP contribution in [0.2, 0.25) is 0 Å². The molecule has 5 heteroatoms. The minimum atomic E-state index is -3.40. The van der Waals surface area contributed by atoms with Gasteiger partial charge in [-0.1, -0.05) is 26.0 Å². The van der Waals surface area contributed by atoms with Gasteiger partial charge in [-0.25, -0.2) is 13.1 Å². The molecule has 0 aliphatic heterocycles. The molecule has 0 radical (unpaired) electrons. The monoisotopic (exact) mass is 284 g/mol. The molecular weight excluding hydrogens is 260 g/mol. The van der Waals surface area contributed by atoms with Crippen molar-refractivity contribution >= 4 is 10.0 Å². The molecular formula is C14H24N2O2S. The molecule has 0 saturated heterocycles. The van der Waals surface area contributed by atoms with Gasteiger partial charge in [-0.15, -0.1) is 0 Å². The van der Waals surface area contributed by atoms with Gasteiger partial charge in [0.05, 0.1) is 4.90 Å². The number of benzene rings is 1. The summed E-state index contributed by atoms with van der Waals surface area (Å²) in [6.07, 6.45) is 0.773. The van der Waals surface area contributed by atoms with Crippen LogP contribution in [0.1, 0.15) is 45.7 Å². The van der Waals surface area contributed by atoms with Gasteiger partial charge in [0.15, 0.2) is 0 Å². The lowest BCUT2D eigenvalue weighted by atomic mass is 10.1. The van der Waals surface area contributed by atoms with E-state index in [-0.39, 0.29) is 12.1 Å². The Hall–Kier alpha value is -0.910. The Balaban J connectivity index is 2.86. The fraction of sp³-hybridized carbons (Fsp3) is 0.571. The smallest absolute Gasteiger partial charge is 0.240 e. The summed E-state index contributed by atoms with van der Waals surface area (Å²) < 4.78 is 26.8. The normalized spacial score (nSPS) is 15.2. The Morgan fingerprint density at radius 1 is 1.11 bits per heavy atom. The molecule has 0 fully saturated rings. The summed E-state index contributed by atoms with van der Waals surface area (Å²) in [7, 11) is -3.40. The molecule has 0 spiro atoms. The molecule has 19 heavy (non-hydrogen) atoms. The van der Waals surface area contributed by atoms with Gasteiger partial charge in [-0.3, -0.25) is 0 Å². The molecule has 1 rings (SSSR count). The van der Waals surface area contributed by atoms with Gasteiger partial charge in [0.2, 0.25) is 10.0 Å². The van der Waals surface area contributed by atoms with Crippen LogP contribution in [0.5, 0.6) is 0 Å². The summed E-state index contributed by atoms with van der Waals surface area (Å²) in [5.41, 5.74) is 1.09. The van der Waals surface area contributed by atoms with E-state index in [0.717, 1.165) is 18.5 Å². The summed E-state index contributed by atoms with van der Waals surface area (Å²) in [5, 5.41) is 3.30. The lowest BCUT2D eigenvalue weighted by Crippen LogP contribution is -2.32. The predicted octanol–water partition coefficient (Wildman–Crippen LogP) is 2.43. The molecule has 0 saturated carbocycles. The van der Waals surface area contributed by atoms with Crippen LogP contribution in [-0.4, -0.2) is 21.0 Å². The highest BCUT2D eigenvalue weighted by molar-refractivity contribution is 7.89. The third kappa shape index (κ3) is 4.60. The van der Waals surface area contributed by atoms with Gasteiger partial charge in [0.1, 0.15) is 0 Å². The lowest BCUT2D eigenvalue weighted by Gasteiger charge is -2.15. The van der Waals surface area contributed by atoms with Gasteiger partial charge in [-0.2, -0.15) is 0 Å². The minimum absolute atomic E-state index is 0.0506. The van der Waals surface area contributed by atoms with Gasteiger partial charge < -0.3 is 5.32 Å². The zero-order valence-electron chi connectivity index (χ0n) is 12.1. The van der Waals surface area contributed by atoms with Crippen LogP contribution < -0.4 is 10.0 Å². The number of nitrogens with one attached hydrogen (secondary N) is 2. The average Bonchev–Trinajstić information content (AvgIpc) is 2.38. The molecule has 2 atom stereocenters. The van der Waals surface area contributed by atoms with E-state index in [4.69, 9.17) is 0 Å². The van der Waals surface area contributed by atoms with Crippen molar-refractivity contribution in [2.45, 2.75) is 51.1 Å². The fourth-order valence-electron chi connectivity index (χ4n) is 1.78. The molecule has 0 heterocycles. The van der Waals surface area contributed by atoms with E-state index in [1.807, 2.05) is 32.9 Å². The maximum absolute atomic E-state index is 12.1. The van der Waals surface area contributed by atoms with Crippen LogP contribution in [0.4, 0.5) is 0 Å². The van der Waals surface area contributed by atoms with E-state index in [9.17, 15) is 8.42 Å². The Kier molecular flexibility index (Phi) is 5.97. The Morgan fingerprint density at radius 2 is 1.68 bits per heavy atom. The summed E-state index contributed by atoms with van der Waals surface area (Å²) in [6.45, 7) is 8.81. The van der Waals surface area contributed by atoms with E-state index < -0.39 is 10.0 Å². The summed E-state index contributed by atoms with van der Waals surface area (Å²) in [5.74, 6) is 0. The van der Waals surface area contributed by atoms with Crippen molar-refractivity contribution in [3.63, 3.8) is 0 Å². The fourth-order valence-corrected chi connectivity index (χ4v) is 3.10. The van der Waals surface area contributed by atoms with Crippen molar-refractivity contribution in [2.75, 3.05) is 6.54 Å². The van der Waals surface area contributed by atoms with Crippen LogP contribution in [0.25, 0.3) is 0 Å². The van der Waals surface area contributed by atoms with Gasteiger partial charge in [-0.05, 0) is 44.5 Å². The Bertz CT molecular complexity index is 483. The number of hydrogen-bond donors (Lipinski definition) is 2. The van der Waals surface area contributed by atoms with Gasteiger partial charge >= 0.3 is 0 Å². The molecule has 2 N–H and O–H groups in total. The summed E-state index contributed by atoms with van der Waals surface area (Å²) in [6, 6.07) is 7.22. The topological polar surface area (TPSA) is 58.2 Å². The van der Waals surface area contributed by atoms with Crippen LogP contribution in [0.15, 0.2) is 29.2 Å². The molecule has 0 amide bonds. The second-order valence-electron chi connectivity index (χ2n) is 4.78. The van der Waals surface area contributed by atoms with Crippen molar-refractivity contribution in [3.8, 4) is 0 Å². The van der Waals surface area contributed by atoms with Crippen LogP contribution in [-0.2, 0) is 10.0 Å². The predicted molar refractivity (Wildman–Crippen MR) is 78.6 cm³/mol. The minimum Gasteiger partial charge on any atom is -0.310 e. The third-order valence-electron chi connectivity index (χ3n) is 3.17. The van der Waals surface area contributed by atoms with Crippen molar-refractivity contribution in [2.24, 2.45) is 0 Å². The molecule has 108 valence electrons. The lowest BCUT2D eigenvalue weighted by molar-refractivity contribution is 0.555. The first-order valence-electron chi connectivity index (χ1n) is 6.76. The number of hydrogen-bond acceptors (Lipinski definition) is 3. The van der Waals surface area contributed by atoms with E-state index in [0.29, 0.717) is 4.90 Å². The van der Waals surface area contributed by atoms with Crippen molar-refractivity contribution in [1.82, 2.24) is 10.0 Å². The van der Waals surface area contributed by atoms with Crippen LogP contribution in [0, 0.1) is 0 Å². The standard InChI is InChI=1S/C14H24N2O2S/c1-5-11(3)16-19(17,18)14-9-7-13(8-10-14)12(4)15-6-2/h7-12,15-16H,5-6H2,1-4H3. The third-order valence-corrected chi connectivity index (χ3v) is 4.77. The summed E-state index contributed by atoms with van der Waals surface area (Å²) >= 11 is 0. The van der Waals surface area contributed by atoms with Crippen LogP contribution in [0.3, 0.4) is 0 Å². The Labute approximate surface area is 116 Å². The highest BCUT2D eigenvalue weighted by Crippen LogP contribution is 2.16. The zero-order valence-corrected chi connectivity index (χ0v) is 12.9. The summed E-state index contributed by atoms with van der Waals surface area (Å²) in [4.78, 5) is 0.320. The average molecular weight is 284 g/mol. The maximum atomic E-state index is 12.1. The highest BCUT2D eigenvalue weighted by atomic mass is 32.2.